The number of carbonyl (C=O) groups is 3. The van der Waals surface area contributed by atoms with Gasteiger partial charge in [0, 0.05) is 30.7 Å². The van der Waals surface area contributed by atoms with E-state index in [0.29, 0.717) is 16.8 Å². The highest BCUT2D eigenvalue weighted by Gasteiger charge is 2.38. The van der Waals surface area contributed by atoms with Crippen LogP contribution in [0.5, 0.6) is 0 Å². The Hall–Kier alpha value is -4.05. The summed E-state index contributed by atoms with van der Waals surface area (Å²) >= 11 is 0. The van der Waals surface area contributed by atoms with E-state index in [4.69, 9.17) is 20.9 Å². The van der Waals surface area contributed by atoms with Crippen LogP contribution in [-0.4, -0.2) is 52.9 Å². The van der Waals surface area contributed by atoms with Gasteiger partial charge in [0.1, 0.15) is 0 Å². The van der Waals surface area contributed by atoms with E-state index in [-0.39, 0.29) is 11.9 Å². The lowest BCUT2D eigenvalue weighted by Gasteiger charge is -2.23. The number of benzene rings is 1. The summed E-state index contributed by atoms with van der Waals surface area (Å²) in [7, 11) is 0. The topological polar surface area (TPSA) is 162 Å². The SMILES string of the molecule is N#Cc1ccc(-n2cc(NC(N)=O)c(C(=O)N[C@H]3CCCNC3)c2)cc1.O=C(O)C(F)(F)F. The van der Waals surface area contributed by atoms with Crippen LogP contribution in [0.25, 0.3) is 5.69 Å². The van der Waals surface area contributed by atoms with Gasteiger partial charge in [-0.2, -0.15) is 18.4 Å². The zero-order chi connectivity index (χ0) is 24.6. The van der Waals surface area contributed by atoms with Crippen molar-refractivity contribution in [2.75, 3.05) is 18.4 Å². The first-order valence-electron chi connectivity index (χ1n) is 9.62. The van der Waals surface area contributed by atoms with E-state index in [9.17, 15) is 22.8 Å². The first-order chi connectivity index (χ1) is 15.5. The number of nitriles is 1. The van der Waals surface area contributed by atoms with E-state index >= 15 is 0 Å². The molecule has 0 unspecified atom stereocenters. The highest BCUT2D eigenvalue weighted by Crippen LogP contribution is 2.21. The Labute approximate surface area is 186 Å². The lowest BCUT2D eigenvalue weighted by atomic mass is 10.1. The maximum Gasteiger partial charge on any atom is 0.490 e. The predicted octanol–water partition coefficient (Wildman–Crippen LogP) is 1.95. The normalized spacial score (nSPS) is 15.4. The summed E-state index contributed by atoms with van der Waals surface area (Å²) in [4.78, 5) is 32.9. The highest BCUT2D eigenvalue weighted by atomic mass is 19.4. The molecule has 33 heavy (non-hydrogen) atoms. The number of nitrogens with two attached hydrogens (primary N) is 1. The van der Waals surface area contributed by atoms with Crippen molar-refractivity contribution in [2.45, 2.75) is 25.1 Å². The fraction of sp³-hybridized carbons (Fsp3) is 0.300. The predicted molar refractivity (Wildman–Crippen MR) is 111 cm³/mol. The van der Waals surface area contributed by atoms with Crippen LogP contribution < -0.4 is 21.7 Å². The van der Waals surface area contributed by atoms with Crippen molar-refractivity contribution in [2.24, 2.45) is 5.73 Å². The molecule has 0 spiro atoms. The molecule has 2 heterocycles. The minimum absolute atomic E-state index is 0.0518. The van der Waals surface area contributed by atoms with Gasteiger partial charge in [-0.05, 0) is 43.7 Å². The Morgan fingerprint density at radius 2 is 1.85 bits per heavy atom. The number of carboxylic acids is 1. The van der Waals surface area contributed by atoms with Crippen molar-refractivity contribution in [3.05, 3.63) is 47.8 Å². The second-order valence-corrected chi connectivity index (χ2v) is 6.96. The number of nitrogens with zero attached hydrogens (tertiary/aromatic N) is 2. The largest absolute Gasteiger partial charge is 0.490 e. The van der Waals surface area contributed by atoms with E-state index in [2.05, 4.69) is 22.0 Å². The summed E-state index contributed by atoms with van der Waals surface area (Å²) in [5, 5.41) is 24.7. The van der Waals surface area contributed by atoms with Crippen LogP contribution in [0, 0.1) is 11.3 Å². The van der Waals surface area contributed by atoms with Crippen molar-refractivity contribution >= 4 is 23.6 Å². The van der Waals surface area contributed by atoms with Gasteiger partial charge in [0.2, 0.25) is 0 Å². The van der Waals surface area contributed by atoms with Crippen molar-refractivity contribution in [1.82, 2.24) is 15.2 Å². The number of hydrogen-bond donors (Lipinski definition) is 5. The summed E-state index contributed by atoms with van der Waals surface area (Å²) in [6, 6.07) is 8.27. The quantitative estimate of drug-likeness (QED) is 0.463. The number of rotatable bonds is 4. The molecule has 0 aliphatic carbocycles. The van der Waals surface area contributed by atoms with Crippen molar-refractivity contribution in [3.8, 4) is 11.8 Å². The number of nitrogens with one attached hydrogen (secondary N) is 3. The van der Waals surface area contributed by atoms with Crippen LogP contribution in [0.15, 0.2) is 36.7 Å². The second kappa shape index (κ2) is 11.0. The maximum absolute atomic E-state index is 12.7. The number of amides is 3. The molecule has 3 amide bonds. The van der Waals surface area contributed by atoms with Crippen LogP contribution in [0.3, 0.4) is 0 Å². The fourth-order valence-corrected chi connectivity index (χ4v) is 2.96. The van der Waals surface area contributed by atoms with Gasteiger partial charge in [-0.25, -0.2) is 9.59 Å². The molecule has 2 aromatic rings. The molecule has 1 aliphatic heterocycles. The van der Waals surface area contributed by atoms with E-state index in [1.807, 2.05) is 0 Å². The molecule has 13 heteroatoms. The molecule has 3 rings (SSSR count). The summed E-state index contributed by atoms with van der Waals surface area (Å²) in [5.74, 6) is -3.03. The van der Waals surface area contributed by atoms with Crippen LogP contribution >= 0.6 is 0 Å². The van der Waals surface area contributed by atoms with Crippen molar-refractivity contribution < 1.29 is 32.7 Å². The first-order valence-corrected chi connectivity index (χ1v) is 9.62. The summed E-state index contributed by atoms with van der Waals surface area (Å²) in [5.41, 5.74) is 7.19. The molecular weight excluding hydrogens is 445 g/mol. The molecule has 10 nitrogen and oxygen atoms in total. The molecule has 1 saturated heterocycles. The number of hydrogen-bond acceptors (Lipinski definition) is 5. The Kier molecular flexibility index (Phi) is 8.41. The third kappa shape index (κ3) is 7.54. The number of primary amides is 1. The zero-order valence-corrected chi connectivity index (χ0v) is 17.1. The average Bonchev–Trinajstić information content (AvgIpc) is 3.17. The van der Waals surface area contributed by atoms with E-state index in [1.165, 1.54) is 0 Å². The molecular formula is C20H21F3N6O4. The molecule has 176 valence electrons. The van der Waals surface area contributed by atoms with Crippen LogP contribution in [0.2, 0.25) is 0 Å². The minimum Gasteiger partial charge on any atom is -0.475 e. The third-order valence-electron chi connectivity index (χ3n) is 4.50. The van der Waals surface area contributed by atoms with Gasteiger partial charge >= 0.3 is 18.2 Å². The molecule has 1 fully saturated rings. The van der Waals surface area contributed by atoms with Crippen LogP contribution in [0.1, 0.15) is 28.8 Å². The van der Waals surface area contributed by atoms with Crippen LogP contribution in [-0.2, 0) is 4.79 Å². The minimum atomic E-state index is -5.08. The number of piperidine rings is 1. The van der Waals surface area contributed by atoms with E-state index in [0.717, 1.165) is 31.6 Å². The summed E-state index contributed by atoms with van der Waals surface area (Å²) in [6.45, 7) is 1.68. The molecule has 1 aromatic heterocycles. The third-order valence-corrected chi connectivity index (χ3v) is 4.50. The first kappa shape index (κ1) is 25.2. The number of halogens is 3. The number of urea groups is 1. The lowest BCUT2D eigenvalue weighted by Crippen LogP contribution is -2.45. The Bertz CT molecular complexity index is 1040. The smallest absolute Gasteiger partial charge is 0.475 e. The van der Waals surface area contributed by atoms with E-state index < -0.39 is 18.2 Å². The maximum atomic E-state index is 12.7. The zero-order valence-electron chi connectivity index (χ0n) is 17.1. The number of aromatic nitrogens is 1. The van der Waals surface area contributed by atoms with Crippen LogP contribution in [0.4, 0.5) is 23.7 Å². The van der Waals surface area contributed by atoms with Gasteiger partial charge in [0.25, 0.3) is 5.91 Å². The highest BCUT2D eigenvalue weighted by molar-refractivity contribution is 6.03. The number of anilines is 1. The Morgan fingerprint density at radius 3 is 2.33 bits per heavy atom. The molecule has 0 bridgehead atoms. The molecule has 1 aliphatic rings. The van der Waals surface area contributed by atoms with Gasteiger partial charge in [-0.1, -0.05) is 0 Å². The lowest BCUT2D eigenvalue weighted by molar-refractivity contribution is -0.192. The number of alkyl halides is 3. The molecule has 6 N–H and O–H groups in total. The van der Waals surface area contributed by atoms with Crippen molar-refractivity contribution in [3.63, 3.8) is 0 Å². The molecule has 0 saturated carbocycles. The van der Waals surface area contributed by atoms with Gasteiger partial charge in [0.15, 0.2) is 0 Å². The van der Waals surface area contributed by atoms with Crippen molar-refractivity contribution in [1.29, 1.82) is 5.26 Å². The molecule has 1 atom stereocenters. The Morgan fingerprint density at radius 1 is 1.21 bits per heavy atom. The van der Waals surface area contributed by atoms with Gasteiger partial charge in [-0.15, -0.1) is 0 Å². The Balaban J connectivity index is 0.000000479. The fourth-order valence-electron chi connectivity index (χ4n) is 2.96. The number of aliphatic carboxylic acids is 1. The molecule has 1 aromatic carbocycles. The van der Waals surface area contributed by atoms with E-state index in [1.54, 1.807) is 41.2 Å². The monoisotopic (exact) mass is 466 g/mol. The van der Waals surface area contributed by atoms with Gasteiger partial charge in [-0.3, -0.25) is 4.79 Å². The number of carboxylic acid groups (broad SMARTS) is 1. The van der Waals surface area contributed by atoms with Gasteiger partial charge < -0.3 is 31.4 Å². The standard InChI is InChI=1S/C18H20N6O2.C2HF3O2/c19-8-12-3-5-14(6-4-12)24-10-15(16(11-24)23-18(20)26)17(25)22-13-2-1-7-21-9-13;3-2(4,5)1(6)7/h3-6,10-11,13,21H,1-2,7,9H2,(H,22,25)(H3,20,23,26);(H,6,7)/t13-;/m0./s1. The average molecular weight is 466 g/mol. The molecule has 0 radical (unpaired) electrons. The summed E-state index contributed by atoms with van der Waals surface area (Å²) in [6.07, 6.45) is 0.0929. The second-order valence-electron chi connectivity index (χ2n) is 6.96. The number of carbonyl (C=O) groups excluding carboxylic acids is 2. The van der Waals surface area contributed by atoms with Gasteiger partial charge in [0.05, 0.1) is 22.9 Å². The summed E-state index contributed by atoms with van der Waals surface area (Å²) < 4.78 is 33.4.